The number of aromatic amines is 1. The molecule has 0 saturated carbocycles. The van der Waals surface area contributed by atoms with Gasteiger partial charge in [0.05, 0.1) is 6.61 Å². The number of rotatable bonds is 3. The van der Waals surface area contributed by atoms with Crippen LogP contribution in [0.3, 0.4) is 0 Å². The number of H-pyrrole nitrogens is 1. The Morgan fingerprint density at radius 3 is 2.90 bits per heavy atom. The number of aromatic nitrogens is 4. The Kier molecular flexibility index (Phi) is 3.25. The third-order valence-corrected chi connectivity index (χ3v) is 3.11. The Bertz CT molecular complexity index is 714. The SMILES string of the molecule is Nc1nc2c(ncn2OC2O[C@H](CO)[C@@H](O)[C@@H]2O)c(=O)[nH]1. The van der Waals surface area contributed by atoms with E-state index in [1.165, 1.54) is 0 Å². The molecule has 11 nitrogen and oxygen atoms in total. The van der Waals surface area contributed by atoms with Crippen molar-refractivity contribution in [3.8, 4) is 0 Å². The molecule has 3 heterocycles. The van der Waals surface area contributed by atoms with Gasteiger partial charge in [-0.25, -0.2) is 4.98 Å². The number of fused-ring (bicyclic) bond motifs is 1. The Balaban J connectivity index is 1.91. The highest BCUT2D eigenvalue weighted by atomic mass is 16.8. The van der Waals surface area contributed by atoms with Gasteiger partial charge in [-0.15, -0.1) is 4.73 Å². The number of aliphatic hydroxyl groups excluding tert-OH is 3. The zero-order valence-corrected chi connectivity index (χ0v) is 10.6. The quantitative estimate of drug-likeness (QED) is 0.387. The van der Waals surface area contributed by atoms with E-state index in [4.69, 9.17) is 20.4 Å². The topological polar surface area (TPSA) is 169 Å². The van der Waals surface area contributed by atoms with E-state index in [1.807, 2.05) is 0 Å². The van der Waals surface area contributed by atoms with Crippen molar-refractivity contribution < 1.29 is 24.9 Å². The molecule has 114 valence electrons. The molecule has 2 aromatic rings. The first-order chi connectivity index (χ1) is 10.0. The zero-order valence-electron chi connectivity index (χ0n) is 10.6. The summed E-state index contributed by atoms with van der Waals surface area (Å²) in [7, 11) is 0. The number of nitrogens with two attached hydrogens (primary N) is 1. The largest absolute Gasteiger partial charge is 0.394 e. The van der Waals surface area contributed by atoms with Crippen LogP contribution in [0, 0.1) is 0 Å². The lowest BCUT2D eigenvalue weighted by atomic mass is 10.1. The maximum absolute atomic E-state index is 11.6. The van der Waals surface area contributed by atoms with Crippen LogP contribution in [0.2, 0.25) is 0 Å². The van der Waals surface area contributed by atoms with E-state index in [0.717, 1.165) is 11.1 Å². The van der Waals surface area contributed by atoms with E-state index >= 15 is 0 Å². The van der Waals surface area contributed by atoms with Gasteiger partial charge in [-0.1, -0.05) is 0 Å². The average molecular weight is 299 g/mol. The van der Waals surface area contributed by atoms with Gasteiger partial charge < -0.3 is 30.6 Å². The number of ether oxygens (including phenoxy) is 1. The Hall–Kier alpha value is -2.21. The van der Waals surface area contributed by atoms with E-state index in [0.29, 0.717) is 0 Å². The second-order valence-corrected chi connectivity index (χ2v) is 4.51. The van der Waals surface area contributed by atoms with Crippen molar-refractivity contribution >= 4 is 17.1 Å². The summed E-state index contributed by atoms with van der Waals surface area (Å²) in [4.78, 5) is 26.9. The lowest BCUT2D eigenvalue weighted by molar-refractivity contribution is -0.169. The molecule has 11 heteroatoms. The molecular formula is C10H13N5O6. The third kappa shape index (κ3) is 2.21. The Labute approximate surface area is 116 Å². The number of nitrogen functional groups attached to an aromatic ring is 1. The summed E-state index contributed by atoms with van der Waals surface area (Å²) in [5.41, 5.74) is 4.93. The van der Waals surface area contributed by atoms with Gasteiger partial charge in [0.1, 0.15) is 24.6 Å². The number of aliphatic hydroxyl groups is 3. The molecule has 6 N–H and O–H groups in total. The number of nitrogens with zero attached hydrogens (tertiary/aromatic N) is 3. The molecule has 2 aromatic heterocycles. The first kappa shape index (κ1) is 13.8. The predicted molar refractivity (Wildman–Crippen MR) is 66.9 cm³/mol. The third-order valence-electron chi connectivity index (χ3n) is 3.11. The standard InChI is InChI=1S/C10H13N5O6/c11-10-13-7-4(8(19)14-10)12-2-15(7)21-9-6(18)5(17)3(1-16)20-9/h2-3,5-6,9,16-18H,1H2,(H3,11,13,14,19)/t3-,5-,6+,9?/m1/s1. The van der Waals surface area contributed by atoms with E-state index in [9.17, 15) is 15.0 Å². The number of hydrogen-bond donors (Lipinski definition) is 5. The first-order valence-corrected chi connectivity index (χ1v) is 6.03. The summed E-state index contributed by atoms with van der Waals surface area (Å²) in [5.74, 6) is -0.126. The number of hydrogen-bond acceptors (Lipinski definition) is 9. The summed E-state index contributed by atoms with van der Waals surface area (Å²) in [6, 6.07) is 0. The van der Waals surface area contributed by atoms with Crippen LogP contribution in [0.25, 0.3) is 11.2 Å². The Morgan fingerprint density at radius 2 is 2.24 bits per heavy atom. The van der Waals surface area contributed by atoms with Gasteiger partial charge in [0.15, 0.2) is 5.52 Å². The molecule has 0 amide bonds. The molecule has 1 fully saturated rings. The van der Waals surface area contributed by atoms with E-state index in [2.05, 4.69) is 15.0 Å². The lowest BCUT2D eigenvalue weighted by Crippen LogP contribution is -2.38. The Morgan fingerprint density at radius 1 is 1.48 bits per heavy atom. The van der Waals surface area contributed by atoms with Crippen molar-refractivity contribution in [2.45, 2.75) is 24.6 Å². The highest BCUT2D eigenvalue weighted by molar-refractivity contribution is 5.69. The molecule has 0 bridgehead atoms. The molecule has 3 rings (SSSR count). The molecule has 0 radical (unpaired) electrons. The van der Waals surface area contributed by atoms with Crippen LogP contribution in [-0.2, 0) is 4.74 Å². The van der Waals surface area contributed by atoms with Gasteiger partial charge in [-0.3, -0.25) is 9.78 Å². The highest BCUT2D eigenvalue weighted by Crippen LogP contribution is 2.21. The number of anilines is 1. The lowest BCUT2D eigenvalue weighted by Gasteiger charge is -2.16. The molecule has 0 spiro atoms. The van der Waals surface area contributed by atoms with E-state index < -0.39 is 36.8 Å². The molecule has 21 heavy (non-hydrogen) atoms. The van der Waals surface area contributed by atoms with Gasteiger partial charge in [0.2, 0.25) is 11.6 Å². The minimum atomic E-state index is -1.38. The summed E-state index contributed by atoms with van der Waals surface area (Å²) < 4.78 is 6.15. The monoisotopic (exact) mass is 299 g/mol. The molecular weight excluding hydrogens is 286 g/mol. The average Bonchev–Trinajstić information content (AvgIpc) is 2.96. The van der Waals surface area contributed by atoms with Crippen LogP contribution in [0.5, 0.6) is 0 Å². The zero-order chi connectivity index (χ0) is 15.1. The highest BCUT2D eigenvalue weighted by Gasteiger charge is 2.44. The van der Waals surface area contributed by atoms with E-state index in [1.54, 1.807) is 0 Å². The first-order valence-electron chi connectivity index (χ1n) is 6.03. The van der Waals surface area contributed by atoms with Gasteiger partial charge in [0.25, 0.3) is 11.8 Å². The molecule has 1 unspecified atom stereocenters. The second kappa shape index (κ2) is 4.96. The molecule has 1 aliphatic rings. The summed E-state index contributed by atoms with van der Waals surface area (Å²) in [6.45, 7) is -0.479. The van der Waals surface area contributed by atoms with Crippen LogP contribution in [0.4, 0.5) is 5.95 Å². The van der Waals surface area contributed by atoms with Crippen LogP contribution in [0.1, 0.15) is 0 Å². The number of imidazole rings is 1. The van der Waals surface area contributed by atoms with Gasteiger partial charge >= 0.3 is 0 Å². The molecule has 4 atom stereocenters. The molecule has 0 aliphatic carbocycles. The van der Waals surface area contributed by atoms with Crippen LogP contribution >= 0.6 is 0 Å². The minimum Gasteiger partial charge on any atom is -0.394 e. The van der Waals surface area contributed by atoms with Gasteiger partial charge in [-0.05, 0) is 0 Å². The summed E-state index contributed by atoms with van der Waals surface area (Å²) >= 11 is 0. The predicted octanol–water partition coefficient (Wildman–Crippen LogP) is -3.43. The van der Waals surface area contributed by atoms with Crippen molar-refractivity contribution in [2.24, 2.45) is 0 Å². The van der Waals surface area contributed by atoms with Crippen molar-refractivity contribution in [1.82, 2.24) is 19.7 Å². The molecule has 1 aliphatic heterocycles. The van der Waals surface area contributed by atoms with Crippen LogP contribution in [-0.4, -0.2) is 66.2 Å². The fourth-order valence-electron chi connectivity index (χ4n) is 2.05. The van der Waals surface area contributed by atoms with Crippen molar-refractivity contribution in [2.75, 3.05) is 12.3 Å². The maximum Gasteiger partial charge on any atom is 0.280 e. The van der Waals surface area contributed by atoms with Gasteiger partial charge in [0, 0.05) is 0 Å². The fourth-order valence-corrected chi connectivity index (χ4v) is 2.05. The summed E-state index contributed by atoms with van der Waals surface area (Å²) in [5, 5.41) is 28.4. The van der Waals surface area contributed by atoms with E-state index in [-0.39, 0.29) is 17.1 Å². The molecule has 0 aromatic carbocycles. The van der Waals surface area contributed by atoms with Crippen LogP contribution < -0.4 is 16.1 Å². The molecule has 1 saturated heterocycles. The smallest absolute Gasteiger partial charge is 0.280 e. The van der Waals surface area contributed by atoms with Crippen molar-refractivity contribution in [3.05, 3.63) is 16.7 Å². The van der Waals surface area contributed by atoms with Gasteiger partial charge in [-0.2, -0.15) is 4.98 Å². The van der Waals surface area contributed by atoms with Crippen molar-refractivity contribution in [3.63, 3.8) is 0 Å². The second-order valence-electron chi connectivity index (χ2n) is 4.51. The van der Waals surface area contributed by atoms with Crippen molar-refractivity contribution in [1.29, 1.82) is 0 Å². The summed E-state index contributed by atoms with van der Waals surface area (Å²) in [6.07, 6.45) is -3.74. The maximum atomic E-state index is 11.6. The number of nitrogens with one attached hydrogen (secondary N) is 1. The minimum absolute atomic E-state index is 0.00376. The fraction of sp³-hybridized carbons (Fsp3) is 0.500. The normalized spacial score (nSPS) is 29.1. The van der Waals surface area contributed by atoms with Crippen LogP contribution in [0.15, 0.2) is 11.1 Å².